The van der Waals surface area contributed by atoms with Crippen molar-refractivity contribution in [1.82, 2.24) is 0 Å². The first-order valence-corrected chi connectivity index (χ1v) is 9.93. The minimum absolute atomic E-state index is 0.0201. The number of carbonyl (C=O) groups is 1. The molecule has 0 aliphatic heterocycles. The molecule has 2 rings (SSSR count). The van der Waals surface area contributed by atoms with E-state index in [1.54, 1.807) is 24.3 Å². The predicted octanol–water partition coefficient (Wildman–Crippen LogP) is 5.64. The smallest absolute Gasteiger partial charge is 0.166 e. The monoisotopic (exact) mass is 396 g/mol. The molecule has 0 spiro atoms. The number of thiocarbonyl (C=S) groups is 1. The van der Waals surface area contributed by atoms with Gasteiger partial charge in [0.2, 0.25) is 0 Å². The molecule has 0 aromatic heterocycles. The topological polar surface area (TPSA) is 35.5 Å². The molecule has 28 heavy (non-hydrogen) atoms. The Kier molecular flexibility index (Phi) is 7.53. The Hall–Kier alpha value is -2.46. The Labute approximate surface area is 173 Å². The van der Waals surface area contributed by atoms with Crippen LogP contribution in [-0.2, 0) is 10.2 Å². The molecule has 0 unspecified atom stereocenters. The third-order valence-electron chi connectivity index (χ3n) is 4.63. The maximum absolute atomic E-state index is 12.6. The first-order valence-electron chi connectivity index (χ1n) is 9.53. The third kappa shape index (κ3) is 5.08. The van der Waals surface area contributed by atoms with Gasteiger partial charge < -0.3 is 9.47 Å². The van der Waals surface area contributed by atoms with E-state index in [1.807, 2.05) is 44.2 Å². The highest BCUT2D eigenvalue weighted by Gasteiger charge is 2.25. The average molecular weight is 397 g/mol. The Morgan fingerprint density at radius 1 is 1.18 bits per heavy atom. The summed E-state index contributed by atoms with van der Waals surface area (Å²) in [6.07, 6.45) is 12.5. The maximum atomic E-state index is 12.6. The second-order valence-corrected chi connectivity index (χ2v) is 7.50. The largest absolute Gasteiger partial charge is 0.493 e. The number of benzene rings is 1. The van der Waals surface area contributed by atoms with Gasteiger partial charge in [0, 0.05) is 15.8 Å². The molecule has 0 fully saturated rings. The van der Waals surface area contributed by atoms with Crippen LogP contribution < -0.4 is 9.47 Å². The van der Waals surface area contributed by atoms with Gasteiger partial charge in [-0.1, -0.05) is 50.4 Å². The van der Waals surface area contributed by atoms with Crippen molar-refractivity contribution in [1.29, 1.82) is 0 Å². The molecular weight excluding hydrogens is 368 g/mol. The van der Waals surface area contributed by atoms with E-state index in [0.29, 0.717) is 19.0 Å². The van der Waals surface area contributed by atoms with Crippen LogP contribution in [0.25, 0.3) is 6.08 Å². The van der Waals surface area contributed by atoms with E-state index in [9.17, 15) is 4.79 Å². The molecule has 0 radical (unpaired) electrons. The van der Waals surface area contributed by atoms with Crippen LogP contribution in [0.5, 0.6) is 11.5 Å². The van der Waals surface area contributed by atoms with Gasteiger partial charge in [-0.15, -0.1) is 6.58 Å². The van der Waals surface area contributed by atoms with Crippen molar-refractivity contribution >= 4 is 28.9 Å². The Bertz CT molecular complexity index is 828. The number of ether oxygens (including phenoxy) is 2. The van der Waals surface area contributed by atoms with Gasteiger partial charge in [-0.25, -0.2) is 0 Å². The third-order valence-corrected chi connectivity index (χ3v) is 4.90. The van der Waals surface area contributed by atoms with Gasteiger partial charge >= 0.3 is 0 Å². The fourth-order valence-electron chi connectivity index (χ4n) is 2.92. The van der Waals surface area contributed by atoms with Gasteiger partial charge in [-0.2, -0.15) is 0 Å². The number of hydrogen-bond donors (Lipinski definition) is 0. The van der Waals surface area contributed by atoms with E-state index >= 15 is 0 Å². The van der Waals surface area contributed by atoms with Crippen molar-refractivity contribution in [3.63, 3.8) is 0 Å². The first kappa shape index (κ1) is 21.8. The summed E-state index contributed by atoms with van der Waals surface area (Å²) < 4.78 is 11.8. The fourth-order valence-corrected chi connectivity index (χ4v) is 3.08. The lowest BCUT2D eigenvalue weighted by Gasteiger charge is -2.26. The van der Waals surface area contributed by atoms with Gasteiger partial charge in [0.05, 0.1) is 24.7 Å². The Balaban J connectivity index is 2.49. The summed E-state index contributed by atoms with van der Waals surface area (Å²) in [4.78, 5) is 13.4. The summed E-state index contributed by atoms with van der Waals surface area (Å²) in [5.74, 6) is 1.09. The van der Waals surface area contributed by atoms with E-state index < -0.39 is 0 Å². The van der Waals surface area contributed by atoms with Crippen molar-refractivity contribution < 1.29 is 14.3 Å². The molecule has 1 aliphatic rings. The molecule has 4 heteroatoms. The normalized spacial score (nSPS) is 14.5. The van der Waals surface area contributed by atoms with Crippen LogP contribution in [0, 0.1) is 5.92 Å². The number of ketones is 1. The minimum Gasteiger partial charge on any atom is -0.493 e. The lowest BCUT2D eigenvalue weighted by Crippen LogP contribution is -2.16. The van der Waals surface area contributed by atoms with E-state index in [1.165, 1.54) is 0 Å². The number of carbonyl (C=O) groups excluding carboxylic acids is 1. The summed E-state index contributed by atoms with van der Waals surface area (Å²) in [5.41, 5.74) is 1.48. The Morgan fingerprint density at radius 3 is 2.39 bits per heavy atom. The molecule has 1 aromatic carbocycles. The van der Waals surface area contributed by atoms with Crippen LogP contribution in [-0.4, -0.2) is 23.9 Å². The fraction of sp³-hybridized carbons (Fsp3) is 0.333. The summed E-state index contributed by atoms with van der Waals surface area (Å²) in [6, 6.07) is 3.93. The van der Waals surface area contributed by atoms with Crippen molar-refractivity contribution in [2.75, 3.05) is 13.2 Å². The van der Waals surface area contributed by atoms with Crippen molar-refractivity contribution in [2.45, 2.75) is 33.1 Å². The minimum atomic E-state index is -0.304. The van der Waals surface area contributed by atoms with E-state index in [2.05, 4.69) is 20.4 Å². The van der Waals surface area contributed by atoms with Gasteiger partial charge in [0.25, 0.3) is 0 Å². The molecule has 0 atom stereocenters. The summed E-state index contributed by atoms with van der Waals surface area (Å²) in [5, 5.41) is 0. The molecule has 0 saturated carbocycles. The van der Waals surface area contributed by atoms with E-state index in [0.717, 1.165) is 21.7 Å². The highest BCUT2D eigenvalue weighted by Crippen LogP contribution is 2.40. The van der Waals surface area contributed by atoms with Crippen LogP contribution in [0.4, 0.5) is 0 Å². The molecule has 1 aliphatic carbocycles. The highest BCUT2D eigenvalue weighted by atomic mass is 32.1. The maximum Gasteiger partial charge on any atom is 0.166 e. The zero-order valence-electron chi connectivity index (χ0n) is 17.0. The molecule has 1 aromatic rings. The van der Waals surface area contributed by atoms with Gasteiger partial charge in [-0.3, -0.25) is 4.79 Å². The average Bonchev–Trinajstić information content (AvgIpc) is 2.68. The lowest BCUT2D eigenvalue weighted by atomic mass is 9.83. The Morgan fingerprint density at radius 2 is 1.82 bits per heavy atom. The van der Waals surface area contributed by atoms with E-state index in [4.69, 9.17) is 21.7 Å². The lowest BCUT2D eigenvalue weighted by molar-refractivity contribution is -0.115. The zero-order chi connectivity index (χ0) is 20.7. The van der Waals surface area contributed by atoms with Crippen molar-refractivity contribution in [3.05, 3.63) is 66.3 Å². The van der Waals surface area contributed by atoms with Gasteiger partial charge in [-0.05, 0) is 44.2 Å². The first-order chi connectivity index (χ1) is 13.3. The summed E-state index contributed by atoms with van der Waals surface area (Å²) >= 11 is 5.10. The van der Waals surface area contributed by atoms with Gasteiger partial charge in [0.1, 0.15) is 11.5 Å². The van der Waals surface area contributed by atoms with Crippen LogP contribution in [0.2, 0.25) is 0 Å². The quantitative estimate of drug-likeness (QED) is 0.307. The van der Waals surface area contributed by atoms with E-state index in [-0.39, 0.29) is 17.1 Å². The summed E-state index contributed by atoms with van der Waals surface area (Å²) in [6.45, 7) is 13.0. The summed E-state index contributed by atoms with van der Waals surface area (Å²) in [7, 11) is 0. The molecule has 0 amide bonds. The SMILES string of the molecule is C=CC(C)(C)c1ccc(OCC)c(/C=C/C(=O)C2C=CC(=S)C=C2)c1OCC. The van der Waals surface area contributed by atoms with Crippen molar-refractivity contribution in [3.8, 4) is 11.5 Å². The second kappa shape index (κ2) is 9.65. The van der Waals surface area contributed by atoms with Crippen molar-refractivity contribution in [2.24, 2.45) is 5.92 Å². The second-order valence-electron chi connectivity index (χ2n) is 7.03. The number of allylic oxidation sites excluding steroid dienone is 6. The van der Waals surface area contributed by atoms with Crippen LogP contribution in [0.1, 0.15) is 38.8 Å². The standard InChI is InChI=1S/C24H28O3S/c1-6-24(4,5)20-14-16-22(26-7-2)19(23(20)27-8-3)13-15-21(25)17-9-11-18(28)12-10-17/h6,9-17H,1,7-8H2,2-5H3/b15-13+. The van der Waals surface area contributed by atoms with Gasteiger partial charge in [0.15, 0.2) is 5.78 Å². The van der Waals surface area contributed by atoms with Crippen LogP contribution in [0.15, 0.2) is 55.2 Å². The number of rotatable bonds is 9. The predicted molar refractivity (Wildman–Crippen MR) is 120 cm³/mol. The molecule has 0 N–H and O–H groups in total. The highest BCUT2D eigenvalue weighted by molar-refractivity contribution is 7.81. The zero-order valence-corrected chi connectivity index (χ0v) is 17.8. The molecular formula is C24H28O3S. The molecule has 3 nitrogen and oxygen atoms in total. The van der Waals surface area contributed by atoms with Crippen LogP contribution in [0.3, 0.4) is 0 Å². The molecule has 148 valence electrons. The molecule has 0 heterocycles. The molecule has 0 saturated heterocycles. The van der Waals surface area contributed by atoms with Crippen LogP contribution >= 0.6 is 12.2 Å². The molecule has 0 bridgehead atoms. The number of hydrogen-bond acceptors (Lipinski definition) is 4.